The highest BCUT2D eigenvalue weighted by molar-refractivity contribution is 5.56. The van der Waals surface area contributed by atoms with Gasteiger partial charge in [-0.15, -0.1) is 0 Å². The molecule has 0 saturated carbocycles. The van der Waals surface area contributed by atoms with Gasteiger partial charge in [-0.3, -0.25) is 0 Å². The highest BCUT2D eigenvalue weighted by Gasteiger charge is 2.18. The Labute approximate surface area is 108 Å². The molecule has 0 bridgehead atoms. The van der Waals surface area contributed by atoms with Crippen LogP contribution in [0.4, 0.5) is 5.82 Å². The zero-order chi connectivity index (χ0) is 13.0. The van der Waals surface area contributed by atoms with E-state index in [2.05, 4.69) is 11.1 Å². The molecular formula is C14H19N3O. The zero-order valence-electron chi connectivity index (χ0n) is 11.1. The van der Waals surface area contributed by atoms with Crippen molar-refractivity contribution in [2.45, 2.75) is 26.2 Å². The normalized spacial score (nSPS) is 13.2. The number of hydrogen-bond acceptors (Lipinski definition) is 4. The van der Waals surface area contributed by atoms with Gasteiger partial charge in [-0.25, -0.2) is 4.98 Å². The molecule has 1 heterocycles. The van der Waals surface area contributed by atoms with Crippen LogP contribution in [0.2, 0.25) is 0 Å². The van der Waals surface area contributed by atoms with E-state index in [0.717, 1.165) is 43.9 Å². The second kappa shape index (κ2) is 5.83. The molecule has 1 aliphatic rings. The second-order valence-corrected chi connectivity index (χ2v) is 4.55. The van der Waals surface area contributed by atoms with E-state index in [-0.39, 0.29) is 0 Å². The summed E-state index contributed by atoms with van der Waals surface area (Å²) in [6.07, 6.45) is 3.24. The van der Waals surface area contributed by atoms with Gasteiger partial charge in [0.25, 0.3) is 0 Å². The highest BCUT2D eigenvalue weighted by Crippen LogP contribution is 2.26. The Morgan fingerprint density at radius 2 is 2.33 bits per heavy atom. The summed E-state index contributed by atoms with van der Waals surface area (Å²) < 4.78 is 5.34. The summed E-state index contributed by atoms with van der Waals surface area (Å²) in [6, 6.07) is 4.25. The van der Waals surface area contributed by atoms with Gasteiger partial charge in [0.05, 0.1) is 12.2 Å². The molecule has 1 aromatic heterocycles. The molecule has 0 saturated heterocycles. The summed E-state index contributed by atoms with van der Waals surface area (Å²) in [6.45, 7) is 4.12. The Balaban J connectivity index is 2.18. The molecule has 0 spiro atoms. The number of nitriles is 1. The second-order valence-electron chi connectivity index (χ2n) is 4.55. The smallest absolute Gasteiger partial charge is 0.146 e. The van der Waals surface area contributed by atoms with Crippen molar-refractivity contribution in [3.05, 3.63) is 22.9 Å². The summed E-state index contributed by atoms with van der Waals surface area (Å²) in [5.41, 5.74) is 3.08. The van der Waals surface area contributed by atoms with Crippen LogP contribution in [0.25, 0.3) is 0 Å². The SMILES string of the molecule is CCOCCN(C)c1nc2c(cc1C#N)CCC2. The van der Waals surface area contributed by atoms with Crippen molar-refractivity contribution in [1.82, 2.24) is 4.98 Å². The van der Waals surface area contributed by atoms with Crippen LogP contribution in [0, 0.1) is 11.3 Å². The molecule has 0 radical (unpaired) electrons. The van der Waals surface area contributed by atoms with Crippen molar-refractivity contribution in [2.75, 3.05) is 31.7 Å². The molecule has 0 N–H and O–H groups in total. The van der Waals surface area contributed by atoms with E-state index in [1.54, 1.807) is 0 Å². The lowest BCUT2D eigenvalue weighted by Crippen LogP contribution is -2.25. The van der Waals surface area contributed by atoms with Crippen LogP contribution < -0.4 is 4.90 Å². The molecular weight excluding hydrogens is 226 g/mol. The number of aromatic nitrogens is 1. The van der Waals surface area contributed by atoms with Gasteiger partial charge in [-0.05, 0) is 37.8 Å². The van der Waals surface area contributed by atoms with Gasteiger partial charge < -0.3 is 9.64 Å². The van der Waals surface area contributed by atoms with E-state index in [1.165, 1.54) is 5.56 Å². The molecule has 0 atom stereocenters. The third kappa shape index (κ3) is 2.62. The van der Waals surface area contributed by atoms with E-state index in [4.69, 9.17) is 4.74 Å². The minimum Gasteiger partial charge on any atom is -0.380 e. The van der Waals surface area contributed by atoms with Crippen LogP contribution in [0.5, 0.6) is 0 Å². The fraction of sp³-hybridized carbons (Fsp3) is 0.571. The molecule has 18 heavy (non-hydrogen) atoms. The fourth-order valence-electron chi connectivity index (χ4n) is 2.29. The number of nitrogens with zero attached hydrogens (tertiary/aromatic N) is 3. The lowest BCUT2D eigenvalue weighted by atomic mass is 10.1. The van der Waals surface area contributed by atoms with Crippen LogP contribution in [0.3, 0.4) is 0 Å². The van der Waals surface area contributed by atoms with Crippen LogP contribution in [0.15, 0.2) is 6.07 Å². The summed E-state index contributed by atoms with van der Waals surface area (Å²) in [5, 5.41) is 9.22. The molecule has 0 aromatic carbocycles. The molecule has 0 amide bonds. The first-order valence-corrected chi connectivity index (χ1v) is 6.48. The van der Waals surface area contributed by atoms with Crippen molar-refractivity contribution in [3.8, 4) is 6.07 Å². The lowest BCUT2D eigenvalue weighted by Gasteiger charge is -2.20. The van der Waals surface area contributed by atoms with Gasteiger partial charge in [-0.1, -0.05) is 0 Å². The fourth-order valence-corrected chi connectivity index (χ4v) is 2.29. The Morgan fingerprint density at radius 3 is 3.06 bits per heavy atom. The number of ether oxygens (including phenoxy) is 1. The van der Waals surface area contributed by atoms with Gasteiger partial charge in [0.2, 0.25) is 0 Å². The van der Waals surface area contributed by atoms with Crippen LogP contribution >= 0.6 is 0 Å². The number of aryl methyl sites for hydroxylation is 2. The average molecular weight is 245 g/mol. The molecule has 4 heteroatoms. The van der Waals surface area contributed by atoms with E-state index < -0.39 is 0 Å². The molecule has 0 aliphatic heterocycles. The van der Waals surface area contributed by atoms with Crippen molar-refractivity contribution in [1.29, 1.82) is 5.26 Å². The van der Waals surface area contributed by atoms with Crippen LogP contribution in [-0.4, -0.2) is 31.8 Å². The first-order valence-electron chi connectivity index (χ1n) is 6.48. The standard InChI is InChI=1S/C14H19N3O/c1-3-18-8-7-17(2)14-12(10-15)9-11-5-4-6-13(11)16-14/h9H,3-8H2,1-2H3. The third-order valence-corrected chi connectivity index (χ3v) is 3.29. The number of hydrogen-bond donors (Lipinski definition) is 0. The average Bonchev–Trinajstić information content (AvgIpc) is 2.84. The Morgan fingerprint density at radius 1 is 1.50 bits per heavy atom. The molecule has 4 nitrogen and oxygen atoms in total. The number of anilines is 1. The Kier molecular flexibility index (Phi) is 4.16. The van der Waals surface area contributed by atoms with Crippen LogP contribution in [0.1, 0.15) is 30.2 Å². The maximum atomic E-state index is 9.22. The largest absolute Gasteiger partial charge is 0.380 e. The Bertz CT molecular complexity index is 465. The molecule has 2 rings (SSSR count). The van der Waals surface area contributed by atoms with Gasteiger partial charge in [0.1, 0.15) is 11.9 Å². The molecule has 96 valence electrons. The van der Waals surface area contributed by atoms with Gasteiger partial charge >= 0.3 is 0 Å². The van der Waals surface area contributed by atoms with Crippen molar-refractivity contribution < 1.29 is 4.74 Å². The van der Waals surface area contributed by atoms with Crippen molar-refractivity contribution in [3.63, 3.8) is 0 Å². The van der Waals surface area contributed by atoms with E-state index in [1.807, 2.05) is 24.9 Å². The summed E-state index contributed by atoms with van der Waals surface area (Å²) in [4.78, 5) is 6.66. The minimum atomic E-state index is 0.663. The van der Waals surface area contributed by atoms with E-state index in [9.17, 15) is 5.26 Å². The molecule has 0 fully saturated rings. The summed E-state index contributed by atoms with van der Waals surface area (Å²) in [5.74, 6) is 0.790. The lowest BCUT2D eigenvalue weighted by molar-refractivity contribution is 0.154. The number of pyridine rings is 1. The van der Waals surface area contributed by atoms with E-state index in [0.29, 0.717) is 12.2 Å². The van der Waals surface area contributed by atoms with Crippen molar-refractivity contribution >= 4 is 5.82 Å². The molecule has 0 unspecified atom stereocenters. The first-order chi connectivity index (χ1) is 8.76. The third-order valence-electron chi connectivity index (χ3n) is 3.29. The maximum absolute atomic E-state index is 9.22. The Hall–Kier alpha value is -1.60. The van der Waals surface area contributed by atoms with E-state index >= 15 is 0 Å². The summed E-state index contributed by atoms with van der Waals surface area (Å²) >= 11 is 0. The number of likely N-dealkylation sites (N-methyl/N-ethyl adjacent to an activating group) is 1. The monoisotopic (exact) mass is 245 g/mol. The van der Waals surface area contributed by atoms with Crippen LogP contribution in [-0.2, 0) is 17.6 Å². The van der Waals surface area contributed by atoms with Gasteiger partial charge in [0.15, 0.2) is 0 Å². The van der Waals surface area contributed by atoms with Gasteiger partial charge in [-0.2, -0.15) is 5.26 Å². The van der Waals surface area contributed by atoms with Gasteiger partial charge in [0, 0.05) is 25.9 Å². The number of rotatable bonds is 5. The quantitative estimate of drug-likeness (QED) is 0.744. The number of fused-ring (bicyclic) bond motifs is 1. The minimum absolute atomic E-state index is 0.663. The highest BCUT2D eigenvalue weighted by atomic mass is 16.5. The maximum Gasteiger partial charge on any atom is 0.146 e. The molecule has 1 aliphatic carbocycles. The predicted molar refractivity (Wildman–Crippen MR) is 70.7 cm³/mol. The van der Waals surface area contributed by atoms with Crippen molar-refractivity contribution in [2.24, 2.45) is 0 Å². The zero-order valence-corrected chi connectivity index (χ0v) is 11.1. The first kappa shape index (κ1) is 12.8. The molecule has 1 aromatic rings. The predicted octanol–water partition coefficient (Wildman–Crippen LogP) is 1.91. The topological polar surface area (TPSA) is 49.1 Å². The summed E-state index contributed by atoms with van der Waals surface area (Å²) in [7, 11) is 1.96.